The quantitative estimate of drug-likeness (QED) is 0.683. The fraction of sp³-hybridized carbons (Fsp3) is 0.625. The van der Waals surface area contributed by atoms with Crippen LogP contribution in [0.15, 0.2) is 18.2 Å². The first-order chi connectivity index (χ1) is 8.82. The van der Waals surface area contributed by atoms with Crippen molar-refractivity contribution in [1.29, 1.82) is 0 Å². The molecule has 0 amide bonds. The molecule has 0 atom stereocenters. The summed E-state index contributed by atoms with van der Waals surface area (Å²) < 4.78 is 0. The second-order valence-electron chi connectivity index (χ2n) is 6.39. The van der Waals surface area contributed by atoms with Crippen LogP contribution in [0.5, 0.6) is 0 Å². The van der Waals surface area contributed by atoms with E-state index in [1.54, 1.807) is 0 Å². The Morgan fingerprint density at radius 3 is 2.26 bits per heavy atom. The Balaban J connectivity index is 2.54. The number of rotatable bonds is 7. The zero-order chi connectivity index (χ0) is 14.5. The lowest BCUT2D eigenvalue weighted by Gasteiger charge is -2.26. The Hall–Kier alpha value is -0.240. The van der Waals surface area contributed by atoms with E-state index in [9.17, 15) is 0 Å². The lowest BCUT2D eigenvalue weighted by atomic mass is 9.82. The molecule has 1 aromatic carbocycles. The molecule has 1 nitrogen and oxygen atoms in total. The van der Waals surface area contributed by atoms with E-state index in [0.717, 1.165) is 41.5 Å². The van der Waals surface area contributed by atoms with Gasteiger partial charge in [0.2, 0.25) is 0 Å². The Bertz CT molecular complexity index is 379. The van der Waals surface area contributed by atoms with Crippen LogP contribution in [0, 0.1) is 11.3 Å². The number of hydrogen-bond acceptors (Lipinski definition) is 1. The van der Waals surface area contributed by atoms with Crippen LogP contribution in [0.2, 0.25) is 10.0 Å². The maximum Gasteiger partial charge on any atom is 0.0453 e. The summed E-state index contributed by atoms with van der Waals surface area (Å²) in [6.07, 6.45) is 2.02. The highest BCUT2D eigenvalue weighted by Gasteiger charge is 2.21. The minimum Gasteiger partial charge on any atom is -0.316 e. The monoisotopic (exact) mass is 301 g/mol. The third-order valence-electron chi connectivity index (χ3n) is 3.25. The molecule has 3 heteroatoms. The van der Waals surface area contributed by atoms with Crippen molar-refractivity contribution in [3.8, 4) is 0 Å². The molecule has 0 fully saturated rings. The molecule has 0 bridgehead atoms. The normalized spacial score (nSPS) is 12.2. The van der Waals surface area contributed by atoms with Gasteiger partial charge in [-0.25, -0.2) is 0 Å². The van der Waals surface area contributed by atoms with E-state index in [0.29, 0.717) is 5.92 Å². The van der Waals surface area contributed by atoms with E-state index >= 15 is 0 Å². The first-order valence-electron chi connectivity index (χ1n) is 6.95. The SMILES string of the molecule is CC(C)CNCCC(C)(C)Cc1c(Cl)cccc1Cl. The third-order valence-corrected chi connectivity index (χ3v) is 3.96. The van der Waals surface area contributed by atoms with Crippen molar-refractivity contribution in [2.24, 2.45) is 11.3 Å². The molecular weight excluding hydrogens is 277 g/mol. The Morgan fingerprint density at radius 2 is 1.74 bits per heavy atom. The van der Waals surface area contributed by atoms with Crippen LogP contribution in [0.4, 0.5) is 0 Å². The molecule has 0 aromatic heterocycles. The average Bonchev–Trinajstić information content (AvgIpc) is 2.30. The second-order valence-corrected chi connectivity index (χ2v) is 7.20. The number of nitrogens with one attached hydrogen (secondary N) is 1. The van der Waals surface area contributed by atoms with Crippen LogP contribution < -0.4 is 5.32 Å². The lowest BCUT2D eigenvalue weighted by Crippen LogP contribution is -2.26. The fourth-order valence-electron chi connectivity index (χ4n) is 2.09. The summed E-state index contributed by atoms with van der Waals surface area (Å²) in [6, 6.07) is 5.72. The summed E-state index contributed by atoms with van der Waals surface area (Å²) in [6.45, 7) is 11.1. The predicted octanol–water partition coefficient (Wildman–Crippen LogP) is 5.20. The molecule has 1 aromatic rings. The second kappa shape index (κ2) is 7.52. The van der Waals surface area contributed by atoms with Crippen molar-refractivity contribution < 1.29 is 0 Å². The highest BCUT2D eigenvalue weighted by Crippen LogP contribution is 2.33. The molecule has 0 unspecified atom stereocenters. The number of benzene rings is 1. The highest BCUT2D eigenvalue weighted by molar-refractivity contribution is 6.35. The Morgan fingerprint density at radius 1 is 1.16 bits per heavy atom. The van der Waals surface area contributed by atoms with Gasteiger partial charge in [0, 0.05) is 10.0 Å². The van der Waals surface area contributed by atoms with Gasteiger partial charge in [0.25, 0.3) is 0 Å². The predicted molar refractivity (Wildman–Crippen MR) is 86.3 cm³/mol. The largest absolute Gasteiger partial charge is 0.316 e. The summed E-state index contributed by atoms with van der Waals surface area (Å²) in [4.78, 5) is 0. The third kappa shape index (κ3) is 6.16. The van der Waals surface area contributed by atoms with Crippen molar-refractivity contribution in [2.75, 3.05) is 13.1 Å². The molecular formula is C16H25Cl2N. The van der Waals surface area contributed by atoms with Crippen molar-refractivity contribution >= 4 is 23.2 Å². The standard InChI is InChI=1S/C16H25Cl2N/c1-12(2)11-19-9-8-16(3,4)10-13-14(17)6-5-7-15(13)18/h5-7,12,19H,8-11H2,1-4H3. The van der Waals surface area contributed by atoms with Gasteiger partial charge in [-0.15, -0.1) is 0 Å². The first-order valence-corrected chi connectivity index (χ1v) is 7.71. The van der Waals surface area contributed by atoms with Gasteiger partial charge < -0.3 is 5.32 Å². The van der Waals surface area contributed by atoms with Crippen LogP contribution >= 0.6 is 23.2 Å². The molecule has 0 aliphatic rings. The summed E-state index contributed by atoms with van der Waals surface area (Å²) in [5.41, 5.74) is 1.26. The van der Waals surface area contributed by atoms with Crippen molar-refractivity contribution in [1.82, 2.24) is 5.32 Å². The molecule has 0 saturated carbocycles. The van der Waals surface area contributed by atoms with Crippen LogP contribution in [-0.2, 0) is 6.42 Å². The number of halogens is 2. The smallest absolute Gasteiger partial charge is 0.0453 e. The topological polar surface area (TPSA) is 12.0 Å². The van der Waals surface area contributed by atoms with E-state index in [1.807, 2.05) is 18.2 Å². The van der Waals surface area contributed by atoms with Crippen molar-refractivity contribution in [2.45, 2.75) is 40.5 Å². The summed E-state index contributed by atoms with van der Waals surface area (Å²) in [7, 11) is 0. The minimum atomic E-state index is 0.193. The molecule has 108 valence electrons. The van der Waals surface area contributed by atoms with Gasteiger partial charge in [-0.1, -0.05) is 57.0 Å². The summed E-state index contributed by atoms with van der Waals surface area (Å²) in [5, 5.41) is 5.04. The lowest BCUT2D eigenvalue weighted by molar-refractivity contribution is 0.322. The molecule has 0 heterocycles. The molecule has 0 spiro atoms. The van der Waals surface area contributed by atoms with E-state index in [4.69, 9.17) is 23.2 Å². The molecule has 1 rings (SSSR count). The molecule has 0 aliphatic heterocycles. The maximum atomic E-state index is 6.24. The maximum absolute atomic E-state index is 6.24. The van der Waals surface area contributed by atoms with E-state index in [2.05, 4.69) is 33.0 Å². The van der Waals surface area contributed by atoms with Crippen molar-refractivity contribution in [3.63, 3.8) is 0 Å². The number of hydrogen-bond donors (Lipinski definition) is 1. The van der Waals surface area contributed by atoms with Gasteiger partial charge in [0.15, 0.2) is 0 Å². The minimum absolute atomic E-state index is 0.193. The molecule has 0 aliphatic carbocycles. The van der Waals surface area contributed by atoms with Gasteiger partial charge in [0.1, 0.15) is 0 Å². The summed E-state index contributed by atoms with van der Waals surface area (Å²) in [5.74, 6) is 0.695. The zero-order valence-corrected chi connectivity index (χ0v) is 13.9. The van der Waals surface area contributed by atoms with Crippen molar-refractivity contribution in [3.05, 3.63) is 33.8 Å². The fourth-order valence-corrected chi connectivity index (χ4v) is 2.62. The first kappa shape index (κ1) is 16.8. The van der Waals surface area contributed by atoms with Crippen LogP contribution in [0.1, 0.15) is 39.7 Å². The Kier molecular flexibility index (Phi) is 6.65. The zero-order valence-electron chi connectivity index (χ0n) is 12.4. The van der Waals surface area contributed by atoms with Crippen LogP contribution in [0.3, 0.4) is 0 Å². The van der Waals surface area contributed by atoms with Crippen LogP contribution in [-0.4, -0.2) is 13.1 Å². The van der Waals surface area contributed by atoms with E-state index < -0.39 is 0 Å². The van der Waals surface area contributed by atoms with Gasteiger partial charge in [-0.3, -0.25) is 0 Å². The van der Waals surface area contributed by atoms with E-state index in [1.165, 1.54) is 0 Å². The van der Waals surface area contributed by atoms with Gasteiger partial charge in [0.05, 0.1) is 0 Å². The molecule has 0 saturated heterocycles. The summed E-state index contributed by atoms with van der Waals surface area (Å²) >= 11 is 12.5. The molecule has 0 radical (unpaired) electrons. The molecule has 1 N–H and O–H groups in total. The Labute approximate surface area is 127 Å². The van der Waals surface area contributed by atoms with Gasteiger partial charge >= 0.3 is 0 Å². The average molecular weight is 302 g/mol. The van der Waals surface area contributed by atoms with E-state index in [-0.39, 0.29) is 5.41 Å². The van der Waals surface area contributed by atoms with Crippen LogP contribution in [0.25, 0.3) is 0 Å². The van der Waals surface area contributed by atoms with Gasteiger partial charge in [-0.2, -0.15) is 0 Å². The highest BCUT2D eigenvalue weighted by atomic mass is 35.5. The molecule has 19 heavy (non-hydrogen) atoms. The van der Waals surface area contributed by atoms with Gasteiger partial charge in [-0.05, 0) is 55.0 Å².